The van der Waals surface area contributed by atoms with E-state index >= 15 is 0 Å². The maximum Gasteiger partial charge on any atom is 0.221 e. The number of rotatable bonds is 7. The molecule has 0 aromatic heterocycles. The van der Waals surface area contributed by atoms with Gasteiger partial charge in [-0.2, -0.15) is 0 Å². The van der Waals surface area contributed by atoms with Gasteiger partial charge in [0.15, 0.2) is 0 Å². The van der Waals surface area contributed by atoms with E-state index in [4.69, 9.17) is 6.42 Å². The summed E-state index contributed by atoms with van der Waals surface area (Å²) in [5, 5.41) is 2.66. The van der Waals surface area contributed by atoms with Gasteiger partial charge in [-0.3, -0.25) is 14.4 Å². The summed E-state index contributed by atoms with van der Waals surface area (Å²) in [4.78, 5) is 35.1. The van der Waals surface area contributed by atoms with Gasteiger partial charge in [0.2, 0.25) is 5.91 Å². The largest absolute Gasteiger partial charge is 0.326 e. The van der Waals surface area contributed by atoms with Crippen LogP contribution >= 0.6 is 0 Å². The topological polar surface area (TPSA) is 63.2 Å². The Morgan fingerprint density at radius 3 is 1.80 bits per heavy atom. The third kappa shape index (κ3) is 6.08. The Bertz CT molecular complexity index is 812. The van der Waals surface area contributed by atoms with Crippen LogP contribution in [-0.2, 0) is 27.2 Å². The van der Waals surface area contributed by atoms with Gasteiger partial charge in [-0.15, -0.1) is 6.42 Å². The van der Waals surface area contributed by atoms with Crippen LogP contribution in [0.1, 0.15) is 30.0 Å². The molecule has 1 N–H and O–H groups in total. The molecular weight excluding hydrogens is 314 g/mol. The minimum atomic E-state index is -0.148. The van der Waals surface area contributed by atoms with Crippen LogP contribution in [0.15, 0.2) is 48.5 Å². The minimum Gasteiger partial charge on any atom is -0.326 e. The Labute approximate surface area is 147 Å². The Hall–Kier alpha value is -3.19. The van der Waals surface area contributed by atoms with Gasteiger partial charge in [-0.1, -0.05) is 30.2 Å². The van der Waals surface area contributed by atoms with Crippen LogP contribution in [-0.4, -0.2) is 17.5 Å². The Balaban J connectivity index is 1.85. The number of carbonyl (C=O) groups is 3. The molecule has 2 aromatic rings. The minimum absolute atomic E-state index is 0.0929. The van der Waals surface area contributed by atoms with Gasteiger partial charge in [0.25, 0.3) is 0 Å². The number of anilines is 1. The van der Waals surface area contributed by atoms with Crippen molar-refractivity contribution in [2.24, 2.45) is 0 Å². The zero-order chi connectivity index (χ0) is 18.2. The molecule has 0 atom stereocenters. The molecule has 0 aliphatic carbocycles. The normalized spacial score (nSPS) is 9.92. The van der Waals surface area contributed by atoms with E-state index in [-0.39, 0.29) is 36.7 Å². The molecule has 4 heteroatoms. The Morgan fingerprint density at radius 2 is 1.36 bits per heavy atom. The van der Waals surface area contributed by atoms with Crippen molar-refractivity contribution in [3.63, 3.8) is 0 Å². The first kappa shape index (κ1) is 18.2. The Morgan fingerprint density at radius 1 is 0.880 bits per heavy atom. The number of nitrogens with one attached hydrogen (secondary N) is 1. The van der Waals surface area contributed by atoms with E-state index in [9.17, 15) is 14.4 Å². The van der Waals surface area contributed by atoms with Crippen LogP contribution in [0.2, 0.25) is 0 Å². The SMILES string of the molecule is C#Cc1ccc(CC(=O)CC(=O)Cc2ccc(NC(C)=O)cc2)cc1. The lowest BCUT2D eigenvalue weighted by Crippen LogP contribution is -2.12. The molecule has 4 nitrogen and oxygen atoms in total. The number of terminal acetylenes is 1. The molecular formula is C21H19NO3. The second-order valence-electron chi connectivity index (χ2n) is 5.83. The summed E-state index contributed by atoms with van der Waals surface area (Å²) < 4.78 is 0. The smallest absolute Gasteiger partial charge is 0.221 e. The molecule has 0 heterocycles. The van der Waals surface area contributed by atoms with Crippen molar-refractivity contribution >= 4 is 23.2 Å². The highest BCUT2D eigenvalue weighted by Crippen LogP contribution is 2.11. The molecule has 0 spiro atoms. The van der Waals surface area contributed by atoms with Crippen molar-refractivity contribution in [1.82, 2.24) is 0 Å². The van der Waals surface area contributed by atoms with Gasteiger partial charge >= 0.3 is 0 Å². The summed E-state index contributed by atoms with van der Waals surface area (Å²) in [7, 11) is 0. The lowest BCUT2D eigenvalue weighted by atomic mass is 10.0. The van der Waals surface area contributed by atoms with Crippen LogP contribution in [0.5, 0.6) is 0 Å². The van der Waals surface area contributed by atoms with Crippen molar-refractivity contribution in [3.8, 4) is 12.3 Å². The molecule has 0 bridgehead atoms. The van der Waals surface area contributed by atoms with Crippen LogP contribution in [0.3, 0.4) is 0 Å². The first-order valence-corrected chi connectivity index (χ1v) is 7.92. The second-order valence-corrected chi connectivity index (χ2v) is 5.83. The highest BCUT2D eigenvalue weighted by atomic mass is 16.2. The predicted molar refractivity (Wildman–Crippen MR) is 97.2 cm³/mol. The first-order chi connectivity index (χ1) is 12.0. The van der Waals surface area contributed by atoms with E-state index < -0.39 is 0 Å². The maximum atomic E-state index is 12.1. The van der Waals surface area contributed by atoms with Crippen molar-refractivity contribution in [1.29, 1.82) is 0 Å². The van der Waals surface area contributed by atoms with E-state index in [1.54, 1.807) is 48.5 Å². The molecule has 126 valence electrons. The molecule has 0 aliphatic heterocycles. The van der Waals surface area contributed by atoms with E-state index in [1.165, 1.54) is 6.92 Å². The predicted octanol–water partition coefficient (Wildman–Crippen LogP) is 2.94. The molecule has 2 aromatic carbocycles. The zero-order valence-corrected chi connectivity index (χ0v) is 14.0. The molecule has 25 heavy (non-hydrogen) atoms. The third-order valence-electron chi connectivity index (χ3n) is 3.59. The highest BCUT2D eigenvalue weighted by Gasteiger charge is 2.11. The summed E-state index contributed by atoms with van der Waals surface area (Å²) in [6, 6.07) is 14.2. The number of carbonyl (C=O) groups excluding carboxylic acids is 3. The first-order valence-electron chi connectivity index (χ1n) is 7.92. The van der Waals surface area contributed by atoms with Gasteiger partial charge in [0, 0.05) is 31.0 Å². The monoisotopic (exact) mass is 333 g/mol. The van der Waals surface area contributed by atoms with E-state index in [1.807, 2.05) is 0 Å². The van der Waals surface area contributed by atoms with Crippen molar-refractivity contribution in [2.75, 3.05) is 5.32 Å². The number of Topliss-reactive ketones (excluding diaryl/α,β-unsaturated/α-hetero) is 2. The van der Waals surface area contributed by atoms with E-state index in [2.05, 4.69) is 11.2 Å². The van der Waals surface area contributed by atoms with Gasteiger partial charge in [-0.25, -0.2) is 0 Å². The second kappa shape index (κ2) is 8.60. The summed E-state index contributed by atoms with van der Waals surface area (Å²) in [5.74, 6) is 2.13. The fraction of sp³-hybridized carbons (Fsp3) is 0.190. The molecule has 0 aliphatic rings. The third-order valence-corrected chi connectivity index (χ3v) is 3.59. The van der Waals surface area contributed by atoms with Gasteiger partial charge < -0.3 is 5.32 Å². The average Bonchev–Trinajstić information content (AvgIpc) is 2.56. The van der Waals surface area contributed by atoms with E-state index in [0.717, 1.165) is 16.7 Å². The van der Waals surface area contributed by atoms with Crippen LogP contribution in [0.4, 0.5) is 5.69 Å². The highest BCUT2D eigenvalue weighted by molar-refractivity contribution is 6.00. The van der Waals surface area contributed by atoms with Gasteiger partial charge in [-0.05, 0) is 35.4 Å². The summed E-state index contributed by atoms with van der Waals surface area (Å²) >= 11 is 0. The fourth-order valence-corrected chi connectivity index (χ4v) is 2.43. The zero-order valence-electron chi connectivity index (χ0n) is 14.0. The Kier molecular flexibility index (Phi) is 6.25. The number of hydrogen-bond donors (Lipinski definition) is 1. The van der Waals surface area contributed by atoms with Crippen LogP contribution < -0.4 is 5.32 Å². The summed E-state index contributed by atoms with van der Waals surface area (Å²) in [6.07, 6.45) is 5.62. The molecule has 2 rings (SSSR count). The molecule has 1 amide bonds. The van der Waals surface area contributed by atoms with Gasteiger partial charge in [0.1, 0.15) is 11.6 Å². The molecule has 0 radical (unpaired) electrons. The number of ketones is 2. The number of benzene rings is 2. The van der Waals surface area contributed by atoms with Crippen molar-refractivity contribution in [2.45, 2.75) is 26.2 Å². The quantitative estimate of drug-likeness (QED) is 0.626. The molecule has 0 saturated carbocycles. The molecule has 0 unspecified atom stereocenters. The number of amides is 1. The lowest BCUT2D eigenvalue weighted by Gasteiger charge is -2.05. The lowest BCUT2D eigenvalue weighted by molar-refractivity contribution is -0.126. The average molecular weight is 333 g/mol. The van der Waals surface area contributed by atoms with Crippen LogP contribution in [0, 0.1) is 12.3 Å². The fourth-order valence-electron chi connectivity index (χ4n) is 2.43. The number of hydrogen-bond acceptors (Lipinski definition) is 3. The summed E-state index contributed by atoms with van der Waals surface area (Å²) in [5.41, 5.74) is 3.09. The summed E-state index contributed by atoms with van der Waals surface area (Å²) in [6.45, 7) is 1.43. The van der Waals surface area contributed by atoms with Gasteiger partial charge in [0.05, 0.1) is 6.42 Å². The standard InChI is InChI=1S/C21H19NO3/c1-3-16-4-6-17(7-5-16)12-20(24)14-21(25)13-18-8-10-19(11-9-18)22-15(2)23/h1,4-11H,12-14H2,2H3,(H,22,23). The molecule has 0 saturated heterocycles. The van der Waals surface area contributed by atoms with Crippen molar-refractivity contribution < 1.29 is 14.4 Å². The molecule has 0 fully saturated rings. The van der Waals surface area contributed by atoms with Crippen LogP contribution in [0.25, 0.3) is 0 Å². The van der Waals surface area contributed by atoms with E-state index in [0.29, 0.717) is 5.69 Å². The maximum absolute atomic E-state index is 12.1. The van der Waals surface area contributed by atoms with Crippen molar-refractivity contribution in [3.05, 3.63) is 65.2 Å².